The van der Waals surface area contributed by atoms with Crippen molar-refractivity contribution in [3.63, 3.8) is 0 Å². The lowest BCUT2D eigenvalue weighted by molar-refractivity contribution is 0.0343. The van der Waals surface area contributed by atoms with Crippen molar-refractivity contribution in [1.82, 2.24) is 10.3 Å². The summed E-state index contributed by atoms with van der Waals surface area (Å²) in [6, 6.07) is 1.20. The highest BCUT2D eigenvalue weighted by molar-refractivity contribution is 7.15. The van der Waals surface area contributed by atoms with Crippen LogP contribution in [0.15, 0.2) is 0 Å². The fraction of sp³-hybridized carbons (Fsp3) is 0.812. The molecule has 5 heteroatoms. The number of hydrogen-bond donors (Lipinski definition) is 1. The summed E-state index contributed by atoms with van der Waals surface area (Å²) < 4.78 is 5.75. The van der Waals surface area contributed by atoms with Crippen LogP contribution in [0.3, 0.4) is 0 Å². The molecule has 4 rings (SSSR count). The Morgan fingerprint density at radius 3 is 2.81 bits per heavy atom. The normalized spacial score (nSPS) is 29.9. The van der Waals surface area contributed by atoms with E-state index in [4.69, 9.17) is 9.72 Å². The van der Waals surface area contributed by atoms with E-state index in [0.717, 1.165) is 31.7 Å². The molecule has 0 bridgehead atoms. The summed E-state index contributed by atoms with van der Waals surface area (Å²) in [6.07, 6.45) is 5.66. The van der Waals surface area contributed by atoms with Crippen LogP contribution in [0, 0.1) is 0 Å². The Hall–Kier alpha value is -0.650. The van der Waals surface area contributed by atoms with Gasteiger partial charge in [-0.15, -0.1) is 11.3 Å². The predicted molar refractivity (Wildman–Crippen MR) is 86.2 cm³/mol. The van der Waals surface area contributed by atoms with E-state index >= 15 is 0 Å². The van der Waals surface area contributed by atoms with Gasteiger partial charge in [0.05, 0.1) is 24.4 Å². The van der Waals surface area contributed by atoms with Gasteiger partial charge in [0.1, 0.15) is 0 Å². The Balaban J connectivity index is 1.54. The summed E-state index contributed by atoms with van der Waals surface area (Å²) in [5.41, 5.74) is 1.38. The first-order chi connectivity index (χ1) is 10.2. The molecule has 1 aromatic rings. The minimum atomic E-state index is 0.308. The SMILES string of the molecule is CC1CN(c2nc(C3CC3)c(CNC3CC3)s2)C(C)CO1. The van der Waals surface area contributed by atoms with Gasteiger partial charge in [-0.25, -0.2) is 4.98 Å². The van der Waals surface area contributed by atoms with Crippen molar-refractivity contribution in [2.24, 2.45) is 0 Å². The second-order valence-electron chi connectivity index (χ2n) is 6.88. The zero-order chi connectivity index (χ0) is 14.4. The zero-order valence-electron chi connectivity index (χ0n) is 13.0. The number of morpholine rings is 1. The summed E-state index contributed by atoms with van der Waals surface area (Å²) in [4.78, 5) is 8.96. The summed E-state index contributed by atoms with van der Waals surface area (Å²) in [6.45, 7) is 7.20. The van der Waals surface area contributed by atoms with Crippen molar-refractivity contribution in [3.05, 3.63) is 10.6 Å². The van der Waals surface area contributed by atoms with Gasteiger partial charge in [0.2, 0.25) is 0 Å². The highest BCUT2D eigenvalue weighted by atomic mass is 32.1. The predicted octanol–water partition coefficient (Wildman–Crippen LogP) is 2.89. The molecule has 1 aliphatic heterocycles. The minimum Gasteiger partial charge on any atom is -0.375 e. The van der Waals surface area contributed by atoms with Gasteiger partial charge < -0.3 is 15.0 Å². The van der Waals surface area contributed by atoms with Gasteiger partial charge in [0.25, 0.3) is 0 Å². The minimum absolute atomic E-state index is 0.308. The highest BCUT2D eigenvalue weighted by Crippen LogP contribution is 2.44. The molecule has 1 aromatic heterocycles. The van der Waals surface area contributed by atoms with E-state index in [1.165, 1.54) is 41.4 Å². The maximum Gasteiger partial charge on any atom is 0.186 e. The van der Waals surface area contributed by atoms with Crippen molar-refractivity contribution < 1.29 is 4.74 Å². The quantitative estimate of drug-likeness (QED) is 0.907. The second kappa shape index (κ2) is 5.52. The number of aromatic nitrogens is 1. The summed E-state index contributed by atoms with van der Waals surface area (Å²) in [5, 5.41) is 4.87. The lowest BCUT2D eigenvalue weighted by Crippen LogP contribution is -2.47. The number of hydrogen-bond acceptors (Lipinski definition) is 5. The second-order valence-corrected chi connectivity index (χ2v) is 7.94. The largest absolute Gasteiger partial charge is 0.375 e. The van der Waals surface area contributed by atoms with E-state index in [9.17, 15) is 0 Å². The molecule has 1 N–H and O–H groups in total. The third-order valence-corrected chi connectivity index (χ3v) is 5.77. The lowest BCUT2D eigenvalue weighted by atomic mass is 10.2. The number of thiazole rings is 1. The van der Waals surface area contributed by atoms with E-state index in [1.807, 2.05) is 11.3 Å². The number of rotatable bonds is 5. The molecule has 116 valence electrons. The Labute approximate surface area is 130 Å². The number of nitrogens with zero attached hydrogens (tertiary/aromatic N) is 2. The van der Waals surface area contributed by atoms with Crippen molar-refractivity contribution >= 4 is 16.5 Å². The fourth-order valence-electron chi connectivity index (χ4n) is 2.97. The molecule has 21 heavy (non-hydrogen) atoms. The Morgan fingerprint density at radius 1 is 1.29 bits per heavy atom. The summed E-state index contributed by atoms with van der Waals surface area (Å²) >= 11 is 1.91. The first-order valence-electron chi connectivity index (χ1n) is 8.32. The lowest BCUT2D eigenvalue weighted by Gasteiger charge is -2.36. The van der Waals surface area contributed by atoms with Crippen LogP contribution < -0.4 is 10.2 Å². The molecule has 2 atom stereocenters. The van der Waals surface area contributed by atoms with Crippen LogP contribution in [0.1, 0.15) is 56.0 Å². The monoisotopic (exact) mass is 307 g/mol. The molecular weight excluding hydrogens is 282 g/mol. The van der Waals surface area contributed by atoms with Crippen molar-refractivity contribution in [1.29, 1.82) is 0 Å². The maximum absolute atomic E-state index is 5.75. The third-order valence-electron chi connectivity index (χ3n) is 4.66. The van der Waals surface area contributed by atoms with Crippen LogP contribution in [0.25, 0.3) is 0 Å². The van der Waals surface area contributed by atoms with E-state index in [-0.39, 0.29) is 0 Å². The van der Waals surface area contributed by atoms with Gasteiger partial charge in [-0.3, -0.25) is 0 Å². The van der Waals surface area contributed by atoms with Crippen molar-refractivity contribution in [3.8, 4) is 0 Å². The number of ether oxygens (including phenoxy) is 1. The Bertz CT molecular complexity index is 510. The summed E-state index contributed by atoms with van der Waals surface area (Å²) in [5.74, 6) is 0.736. The number of nitrogens with one attached hydrogen (secondary N) is 1. The van der Waals surface area contributed by atoms with Crippen LogP contribution >= 0.6 is 11.3 Å². The number of anilines is 1. The fourth-order valence-corrected chi connectivity index (χ4v) is 4.18. The van der Waals surface area contributed by atoms with Gasteiger partial charge in [-0.05, 0) is 39.5 Å². The molecule has 0 aromatic carbocycles. The van der Waals surface area contributed by atoms with Gasteiger partial charge in [-0.1, -0.05) is 0 Å². The van der Waals surface area contributed by atoms with Crippen molar-refractivity contribution in [2.75, 3.05) is 18.1 Å². The molecule has 1 saturated heterocycles. The topological polar surface area (TPSA) is 37.4 Å². The zero-order valence-corrected chi connectivity index (χ0v) is 13.8. The molecule has 0 amide bonds. The first-order valence-corrected chi connectivity index (χ1v) is 9.13. The van der Waals surface area contributed by atoms with Crippen LogP contribution in [-0.4, -0.2) is 36.3 Å². The van der Waals surface area contributed by atoms with E-state index < -0.39 is 0 Å². The molecule has 4 nitrogen and oxygen atoms in total. The molecule has 3 aliphatic rings. The van der Waals surface area contributed by atoms with Crippen LogP contribution in [0.4, 0.5) is 5.13 Å². The van der Waals surface area contributed by atoms with Crippen LogP contribution in [-0.2, 0) is 11.3 Å². The van der Waals surface area contributed by atoms with Gasteiger partial charge in [0.15, 0.2) is 5.13 Å². The molecule has 3 fully saturated rings. The first kappa shape index (κ1) is 14.0. The average Bonchev–Trinajstić information content (AvgIpc) is 3.38. The van der Waals surface area contributed by atoms with E-state index in [0.29, 0.717) is 12.1 Å². The average molecular weight is 307 g/mol. The Kier molecular flexibility index (Phi) is 3.67. The molecule has 2 heterocycles. The molecule has 2 aliphatic carbocycles. The van der Waals surface area contributed by atoms with Gasteiger partial charge >= 0.3 is 0 Å². The van der Waals surface area contributed by atoms with Crippen LogP contribution in [0.2, 0.25) is 0 Å². The molecule has 2 saturated carbocycles. The highest BCUT2D eigenvalue weighted by Gasteiger charge is 2.33. The van der Waals surface area contributed by atoms with Gasteiger partial charge in [0, 0.05) is 29.9 Å². The van der Waals surface area contributed by atoms with Crippen molar-refractivity contribution in [2.45, 2.75) is 70.2 Å². The molecule has 0 spiro atoms. The molecule has 2 unspecified atom stereocenters. The van der Waals surface area contributed by atoms with E-state index in [2.05, 4.69) is 24.1 Å². The van der Waals surface area contributed by atoms with Gasteiger partial charge in [-0.2, -0.15) is 0 Å². The molecule has 0 radical (unpaired) electrons. The van der Waals surface area contributed by atoms with E-state index in [1.54, 1.807) is 0 Å². The third kappa shape index (κ3) is 3.10. The maximum atomic E-state index is 5.75. The standard InChI is InChI=1S/C16H25N3OS/c1-10-9-20-11(2)8-19(10)16-18-15(12-3-4-12)14(21-16)7-17-13-5-6-13/h10-13,17H,3-9H2,1-2H3. The smallest absolute Gasteiger partial charge is 0.186 e. The van der Waals surface area contributed by atoms with Crippen LogP contribution in [0.5, 0.6) is 0 Å². The summed E-state index contributed by atoms with van der Waals surface area (Å²) in [7, 11) is 0. The Morgan fingerprint density at radius 2 is 2.10 bits per heavy atom. The molecular formula is C16H25N3OS.